The van der Waals surface area contributed by atoms with E-state index in [1.165, 1.54) is 19.3 Å². The van der Waals surface area contributed by atoms with Crippen LogP contribution >= 0.6 is 0 Å². The molecule has 1 aliphatic carbocycles. The van der Waals surface area contributed by atoms with Gasteiger partial charge in [0.1, 0.15) is 0 Å². The van der Waals surface area contributed by atoms with Crippen LogP contribution in [0.15, 0.2) is 12.3 Å². The Morgan fingerprint density at radius 2 is 2.21 bits per heavy atom. The van der Waals surface area contributed by atoms with E-state index < -0.39 is 0 Å². The Hall–Kier alpha value is -0.910. The zero-order chi connectivity index (χ0) is 13.7. The summed E-state index contributed by atoms with van der Waals surface area (Å²) in [6.07, 6.45) is 8.71. The number of hydrogen-bond acceptors (Lipinski definition) is 4. The highest BCUT2D eigenvalue weighted by atomic mass is 16.5. The summed E-state index contributed by atoms with van der Waals surface area (Å²) in [5, 5.41) is 4.40. The van der Waals surface area contributed by atoms with Crippen molar-refractivity contribution in [1.82, 2.24) is 15.2 Å². The second-order valence-electron chi connectivity index (χ2n) is 5.41. The Balaban J connectivity index is 2.28. The van der Waals surface area contributed by atoms with Gasteiger partial charge >= 0.3 is 0 Å². The third kappa shape index (κ3) is 2.83. The number of hydrazine groups is 1. The van der Waals surface area contributed by atoms with Crippen molar-refractivity contribution in [3.05, 3.63) is 18.0 Å². The molecule has 2 rings (SSSR count). The molecule has 1 fully saturated rings. The molecule has 0 bridgehead atoms. The van der Waals surface area contributed by atoms with Gasteiger partial charge in [-0.2, -0.15) is 5.10 Å². The van der Waals surface area contributed by atoms with Crippen molar-refractivity contribution in [1.29, 1.82) is 0 Å². The van der Waals surface area contributed by atoms with Crippen molar-refractivity contribution in [2.24, 2.45) is 5.84 Å². The molecule has 1 atom stereocenters. The summed E-state index contributed by atoms with van der Waals surface area (Å²) in [6.45, 7) is 3.07. The van der Waals surface area contributed by atoms with Crippen LogP contribution in [-0.2, 0) is 11.3 Å². The lowest BCUT2D eigenvalue weighted by Gasteiger charge is -2.42. The van der Waals surface area contributed by atoms with E-state index in [0.29, 0.717) is 0 Å². The normalized spacial score (nSPS) is 20.4. The van der Waals surface area contributed by atoms with Crippen LogP contribution in [0.2, 0.25) is 0 Å². The molecular weight excluding hydrogens is 240 g/mol. The minimum absolute atomic E-state index is 0.00634. The van der Waals surface area contributed by atoms with E-state index in [0.717, 1.165) is 31.5 Å². The van der Waals surface area contributed by atoms with Crippen molar-refractivity contribution >= 4 is 0 Å². The summed E-state index contributed by atoms with van der Waals surface area (Å²) in [7, 11) is 1.80. The molecule has 3 N–H and O–H groups in total. The second-order valence-corrected chi connectivity index (χ2v) is 5.41. The van der Waals surface area contributed by atoms with Crippen LogP contribution in [0.1, 0.15) is 57.2 Å². The minimum Gasteiger partial charge on any atom is -0.376 e. The monoisotopic (exact) mass is 266 g/mol. The summed E-state index contributed by atoms with van der Waals surface area (Å²) in [5.74, 6) is 5.85. The van der Waals surface area contributed by atoms with E-state index in [1.807, 2.05) is 10.9 Å². The first kappa shape index (κ1) is 14.5. The van der Waals surface area contributed by atoms with Crippen molar-refractivity contribution in [2.75, 3.05) is 7.11 Å². The van der Waals surface area contributed by atoms with Crippen LogP contribution in [0.4, 0.5) is 0 Å². The molecule has 1 unspecified atom stereocenters. The minimum atomic E-state index is -0.196. The van der Waals surface area contributed by atoms with Gasteiger partial charge in [0.2, 0.25) is 0 Å². The Kier molecular flexibility index (Phi) is 4.96. The van der Waals surface area contributed by atoms with Gasteiger partial charge in [-0.05, 0) is 25.3 Å². The lowest BCUT2D eigenvalue weighted by atomic mass is 9.78. The highest BCUT2D eigenvalue weighted by molar-refractivity contribution is 5.14. The first-order valence-corrected chi connectivity index (χ1v) is 7.30. The van der Waals surface area contributed by atoms with Crippen molar-refractivity contribution in [2.45, 2.75) is 63.6 Å². The smallest absolute Gasteiger partial charge is 0.0918 e. The summed E-state index contributed by atoms with van der Waals surface area (Å²) < 4.78 is 7.95. The molecule has 5 nitrogen and oxygen atoms in total. The van der Waals surface area contributed by atoms with Gasteiger partial charge in [-0.25, -0.2) is 5.43 Å². The number of methoxy groups -OCH3 is 1. The summed E-state index contributed by atoms with van der Waals surface area (Å²) in [4.78, 5) is 0. The number of nitrogens with two attached hydrogens (primary N) is 1. The molecule has 0 aromatic carbocycles. The first-order valence-electron chi connectivity index (χ1n) is 7.30. The molecule has 1 heterocycles. The maximum absolute atomic E-state index is 5.91. The van der Waals surface area contributed by atoms with Gasteiger partial charge in [0.25, 0.3) is 0 Å². The molecular formula is C14H26N4O. The number of ether oxygens (including phenoxy) is 1. The second kappa shape index (κ2) is 6.50. The molecule has 0 spiro atoms. The van der Waals surface area contributed by atoms with E-state index in [2.05, 4.69) is 23.5 Å². The largest absolute Gasteiger partial charge is 0.376 e. The molecule has 0 radical (unpaired) electrons. The quantitative estimate of drug-likeness (QED) is 0.611. The Bertz CT molecular complexity index is 385. The molecule has 0 amide bonds. The Morgan fingerprint density at radius 1 is 1.47 bits per heavy atom. The highest BCUT2D eigenvalue weighted by Gasteiger charge is 2.41. The average molecular weight is 266 g/mol. The van der Waals surface area contributed by atoms with Crippen LogP contribution in [0.3, 0.4) is 0 Å². The SMILES string of the molecule is CCCn1nccc1C(NN)C1(OC)CCCCC1. The molecule has 1 saturated carbocycles. The fourth-order valence-electron chi connectivity index (χ4n) is 3.25. The topological polar surface area (TPSA) is 65.1 Å². The van der Waals surface area contributed by atoms with Gasteiger partial charge in [0.05, 0.1) is 17.3 Å². The molecule has 19 heavy (non-hydrogen) atoms. The zero-order valence-electron chi connectivity index (χ0n) is 12.1. The van der Waals surface area contributed by atoms with E-state index >= 15 is 0 Å². The molecule has 0 saturated heterocycles. The van der Waals surface area contributed by atoms with E-state index in [4.69, 9.17) is 10.6 Å². The standard InChI is InChI=1S/C14H26N4O/c1-3-11-18-12(7-10-16-18)13(17-15)14(19-2)8-5-4-6-9-14/h7,10,13,17H,3-6,8-9,11,15H2,1-2H3. The van der Waals surface area contributed by atoms with E-state index in [9.17, 15) is 0 Å². The van der Waals surface area contributed by atoms with E-state index in [1.54, 1.807) is 7.11 Å². The van der Waals surface area contributed by atoms with Crippen molar-refractivity contribution in [3.63, 3.8) is 0 Å². The zero-order valence-corrected chi connectivity index (χ0v) is 12.1. The predicted octanol–water partition coefficient (Wildman–Crippen LogP) is 2.15. The highest BCUT2D eigenvalue weighted by Crippen LogP contribution is 2.40. The van der Waals surface area contributed by atoms with Gasteiger partial charge in [-0.1, -0.05) is 26.2 Å². The molecule has 1 aromatic heterocycles. The fraction of sp³-hybridized carbons (Fsp3) is 0.786. The fourth-order valence-corrected chi connectivity index (χ4v) is 3.25. The van der Waals surface area contributed by atoms with Crippen LogP contribution in [0, 0.1) is 0 Å². The molecule has 1 aromatic rings. The number of nitrogens with one attached hydrogen (secondary N) is 1. The molecule has 108 valence electrons. The number of hydrogen-bond donors (Lipinski definition) is 2. The maximum atomic E-state index is 5.91. The van der Waals surface area contributed by atoms with Gasteiger partial charge in [0.15, 0.2) is 0 Å². The summed E-state index contributed by atoms with van der Waals surface area (Å²) >= 11 is 0. The Labute approximate surface area is 115 Å². The number of rotatable bonds is 6. The summed E-state index contributed by atoms with van der Waals surface area (Å²) in [5.41, 5.74) is 3.92. The predicted molar refractivity (Wildman–Crippen MR) is 75.4 cm³/mol. The van der Waals surface area contributed by atoms with E-state index in [-0.39, 0.29) is 11.6 Å². The third-order valence-corrected chi connectivity index (χ3v) is 4.28. The van der Waals surface area contributed by atoms with Crippen LogP contribution < -0.4 is 11.3 Å². The van der Waals surface area contributed by atoms with Gasteiger partial charge < -0.3 is 4.74 Å². The summed E-state index contributed by atoms with van der Waals surface area (Å²) in [6, 6.07) is 2.06. The van der Waals surface area contributed by atoms with Gasteiger partial charge in [0, 0.05) is 19.9 Å². The van der Waals surface area contributed by atoms with Crippen LogP contribution in [0.5, 0.6) is 0 Å². The van der Waals surface area contributed by atoms with Gasteiger partial charge in [-0.3, -0.25) is 10.5 Å². The molecule has 0 aliphatic heterocycles. The molecule has 1 aliphatic rings. The van der Waals surface area contributed by atoms with Crippen LogP contribution in [-0.4, -0.2) is 22.5 Å². The number of aryl methyl sites for hydroxylation is 1. The number of aromatic nitrogens is 2. The van der Waals surface area contributed by atoms with Gasteiger partial charge in [-0.15, -0.1) is 0 Å². The van der Waals surface area contributed by atoms with Crippen molar-refractivity contribution in [3.8, 4) is 0 Å². The van der Waals surface area contributed by atoms with Crippen molar-refractivity contribution < 1.29 is 4.74 Å². The lowest BCUT2D eigenvalue weighted by Crippen LogP contribution is -2.50. The third-order valence-electron chi connectivity index (χ3n) is 4.28. The molecule has 5 heteroatoms. The average Bonchev–Trinajstić information content (AvgIpc) is 2.89. The first-order chi connectivity index (χ1) is 9.27. The maximum Gasteiger partial charge on any atom is 0.0918 e. The van der Waals surface area contributed by atoms with Crippen LogP contribution in [0.25, 0.3) is 0 Å². The lowest BCUT2D eigenvalue weighted by molar-refractivity contribution is -0.0708. The number of nitrogens with zero attached hydrogens (tertiary/aromatic N) is 2. The Morgan fingerprint density at radius 3 is 2.79 bits per heavy atom.